The molecule has 4 aromatic rings. The van der Waals surface area contributed by atoms with E-state index in [9.17, 15) is 14.7 Å². The quantitative estimate of drug-likeness (QED) is 0.359. The lowest BCUT2D eigenvalue weighted by molar-refractivity contribution is -0.132. The van der Waals surface area contributed by atoms with Gasteiger partial charge in [0.15, 0.2) is 5.82 Å². The van der Waals surface area contributed by atoms with Gasteiger partial charge in [-0.15, -0.1) is 0 Å². The molecule has 5 rings (SSSR count). The summed E-state index contributed by atoms with van der Waals surface area (Å²) in [5.41, 5.74) is 1.74. The molecule has 1 aliphatic carbocycles. The number of rotatable bonds is 8. The van der Waals surface area contributed by atoms with Gasteiger partial charge < -0.3 is 10.0 Å². The molecule has 2 aromatic heterocycles. The van der Waals surface area contributed by atoms with Crippen LogP contribution in [0.3, 0.4) is 0 Å². The Hall–Kier alpha value is -4.27. The highest BCUT2D eigenvalue weighted by atomic mass is 16.4. The van der Waals surface area contributed by atoms with Crippen molar-refractivity contribution in [2.75, 3.05) is 18.5 Å². The predicted molar refractivity (Wildman–Crippen MR) is 146 cm³/mol. The highest BCUT2D eigenvalue weighted by Gasteiger charge is 2.27. The Morgan fingerprint density at radius 1 is 1.08 bits per heavy atom. The van der Waals surface area contributed by atoms with Crippen molar-refractivity contribution in [1.29, 1.82) is 0 Å². The maximum absolute atomic E-state index is 13.7. The second-order valence-electron chi connectivity index (χ2n) is 9.79. The van der Waals surface area contributed by atoms with Crippen LogP contribution in [0.25, 0.3) is 22.2 Å². The number of nitrogens with zero attached hydrogens (tertiary/aromatic N) is 6. The van der Waals surface area contributed by atoms with E-state index in [1.165, 1.54) is 7.05 Å². The summed E-state index contributed by atoms with van der Waals surface area (Å²) < 4.78 is 1.82. The van der Waals surface area contributed by atoms with E-state index in [-0.39, 0.29) is 11.9 Å². The van der Waals surface area contributed by atoms with Crippen molar-refractivity contribution in [2.45, 2.75) is 51.6 Å². The minimum atomic E-state index is -1.09. The van der Waals surface area contributed by atoms with Crippen molar-refractivity contribution in [3.05, 3.63) is 72.2 Å². The third kappa shape index (κ3) is 5.37. The van der Waals surface area contributed by atoms with Gasteiger partial charge in [-0.25, -0.2) is 19.4 Å². The van der Waals surface area contributed by atoms with Crippen LogP contribution in [0.1, 0.15) is 37.1 Å². The smallest absolute Gasteiger partial charge is 0.412 e. The number of carbonyl (C=O) groups is 2. The lowest BCUT2D eigenvalue weighted by Gasteiger charge is -2.29. The van der Waals surface area contributed by atoms with Crippen LogP contribution in [0.15, 0.2) is 60.8 Å². The van der Waals surface area contributed by atoms with Crippen molar-refractivity contribution in [1.82, 2.24) is 24.6 Å². The van der Waals surface area contributed by atoms with Crippen LogP contribution < -0.4 is 4.90 Å². The van der Waals surface area contributed by atoms with E-state index in [1.807, 2.05) is 40.8 Å². The van der Waals surface area contributed by atoms with Crippen molar-refractivity contribution in [3.63, 3.8) is 0 Å². The molecule has 1 aliphatic rings. The van der Waals surface area contributed by atoms with E-state index in [0.717, 1.165) is 52.7 Å². The van der Waals surface area contributed by atoms with Crippen LogP contribution >= 0.6 is 0 Å². The number of carboxylic acid groups (broad SMARTS) is 1. The van der Waals surface area contributed by atoms with Crippen molar-refractivity contribution in [2.24, 2.45) is 0 Å². The fourth-order valence-corrected chi connectivity index (χ4v) is 5.23. The standard InChI is InChI=1S/C29H32N6O3/c1-20-31-28(23-14-15-30-26(18-23)33(2)29(37)38)32-35(20)17-16-34(24-11-4-5-12-24)27(36)19-22-10-7-9-21-8-3-6-13-25(21)22/h3,6-10,13-15,18,24H,4-5,11-12,16-17,19H2,1-2H3,(H,37,38). The average Bonchev–Trinajstić information content (AvgIpc) is 3.59. The Morgan fingerprint density at radius 3 is 2.63 bits per heavy atom. The van der Waals surface area contributed by atoms with Crippen molar-refractivity contribution >= 4 is 28.6 Å². The zero-order chi connectivity index (χ0) is 26.6. The average molecular weight is 513 g/mol. The zero-order valence-corrected chi connectivity index (χ0v) is 21.7. The number of aromatic nitrogens is 4. The lowest BCUT2D eigenvalue weighted by atomic mass is 10.0. The van der Waals surface area contributed by atoms with E-state index in [1.54, 1.807) is 18.3 Å². The second-order valence-corrected chi connectivity index (χ2v) is 9.79. The molecule has 2 aromatic carbocycles. The van der Waals surface area contributed by atoms with Gasteiger partial charge in [-0.3, -0.25) is 9.69 Å². The van der Waals surface area contributed by atoms with Gasteiger partial charge >= 0.3 is 6.09 Å². The number of anilines is 1. The topological polar surface area (TPSA) is 104 Å². The number of pyridine rings is 1. The Balaban J connectivity index is 1.34. The third-order valence-corrected chi connectivity index (χ3v) is 7.35. The van der Waals surface area contributed by atoms with Crippen LogP contribution in [0.4, 0.5) is 10.6 Å². The molecule has 0 bridgehead atoms. The van der Waals surface area contributed by atoms with Gasteiger partial charge in [-0.2, -0.15) is 5.10 Å². The van der Waals surface area contributed by atoms with Crippen LogP contribution in [0.2, 0.25) is 0 Å². The minimum absolute atomic E-state index is 0.140. The monoisotopic (exact) mass is 512 g/mol. The van der Waals surface area contributed by atoms with E-state index >= 15 is 0 Å². The van der Waals surface area contributed by atoms with Gasteiger partial charge in [0, 0.05) is 31.4 Å². The maximum Gasteiger partial charge on any atom is 0.412 e. The molecule has 9 nitrogen and oxygen atoms in total. The summed E-state index contributed by atoms with van der Waals surface area (Å²) in [6.45, 7) is 2.98. The van der Waals surface area contributed by atoms with Crippen LogP contribution in [-0.2, 0) is 17.8 Å². The molecule has 0 unspecified atom stereocenters. The highest BCUT2D eigenvalue weighted by molar-refractivity contribution is 5.90. The molecule has 196 valence electrons. The minimum Gasteiger partial charge on any atom is -0.465 e. The van der Waals surface area contributed by atoms with Crippen LogP contribution in [0.5, 0.6) is 0 Å². The first-order valence-corrected chi connectivity index (χ1v) is 13.0. The molecule has 2 amide bonds. The summed E-state index contributed by atoms with van der Waals surface area (Å²) in [5.74, 6) is 1.68. The molecule has 9 heteroatoms. The molecule has 1 N–H and O–H groups in total. The molecule has 0 radical (unpaired) electrons. The van der Waals surface area contributed by atoms with Gasteiger partial charge in [-0.1, -0.05) is 55.3 Å². The maximum atomic E-state index is 13.7. The summed E-state index contributed by atoms with van der Waals surface area (Å²) in [5, 5.41) is 16.2. The first-order valence-electron chi connectivity index (χ1n) is 13.0. The largest absolute Gasteiger partial charge is 0.465 e. The molecule has 1 saturated carbocycles. The first kappa shape index (κ1) is 25.4. The summed E-state index contributed by atoms with van der Waals surface area (Å²) in [6, 6.07) is 18.0. The molecule has 0 aliphatic heterocycles. The van der Waals surface area contributed by atoms with Gasteiger partial charge in [0.25, 0.3) is 0 Å². The first-order chi connectivity index (χ1) is 18.4. The molecule has 38 heavy (non-hydrogen) atoms. The van der Waals surface area contributed by atoms with Gasteiger partial charge in [0.1, 0.15) is 11.6 Å². The van der Waals surface area contributed by atoms with Crippen LogP contribution in [-0.4, -0.2) is 61.4 Å². The number of aryl methyl sites for hydroxylation is 1. The summed E-state index contributed by atoms with van der Waals surface area (Å²) in [7, 11) is 1.44. The second kappa shape index (κ2) is 11.0. The summed E-state index contributed by atoms with van der Waals surface area (Å²) >= 11 is 0. The molecule has 0 atom stereocenters. The molecule has 1 fully saturated rings. The van der Waals surface area contributed by atoms with Gasteiger partial charge in [0.05, 0.1) is 13.0 Å². The van der Waals surface area contributed by atoms with Gasteiger partial charge in [-0.05, 0) is 48.2 Å². The highest BCUT2D eigenvalue weighted by Crippen LogP contribution is 2.26. The summed E-state index contributed by atoms with van der Waals surface area (Å²) in [6.07, 6.45) is 5.17. The fourth-order valence-electron chi connectivity index (χ4n) is 5.23. The third-order valence-electron chi connectivity index (χ3n) is 7.35. The van der Waals surface area contributed by atoms with E-state index in [4.69, 9.17) is 0 Å². The molecule has 0 saturated heterocycles. The fraction of sp³-hybridized carbons (Fsp3) is 0.345. The molecule has 0 spiro atoms. The predicted octanol–water partition coefficient (Wildman–Crippen LogP) is 4.93. The van der Waals surface area contributed by atoms with Crippen LogP contribution in [0, 0.1) is 6.92 Å². The Morgan fingerprint density at radius 2 is 1.84 bits per heavy atom. The van der Waals surface area contributed by atoms with Crippen molar-refractivity contribution in [3.8, 4) is 11.4 Å². The molecular formula is C29H32N6O3. The lowest BCUT2D eigenvalue weighted by Crippen LogP contribution is -2.42. The van der Waals surface area contributed by atoms with E-state index in [0.29, 0.717) is 36.7 Å². The number of hydrogen-bond donors (Lipinski definition) is 1. The number of hydrogen-bond acceptors (Lipinski definition) is 5. The number of benzene rings is 2. The Kier molecular flexibility index (Phi) is 7.35. The Bertz CT molecular complexity index is 1450. The molecular weight excluding hydrogens is 480 g/mol. The summed E-state index contributed by atoms with van der Waals surface area (Å²) in [4.78, 5) is 36.8. The molecule has 2 heterocycles. The van der Waals surface area contributed by atoms with Crippen molar-refractivity contribution < 1.29 is 14.7 Å². The zero-order valence-electron chi connectivity index (χ0n) is 21.7. The SMILES string of the molecule is Cc1nc(-c2ccnc(N(C)C(=O)O)c2)nn1CCN(C(=O)Cc1cccc2ccccc12)C1CCCC1. The normalized spacial score (nSPS) is 13.6. The number of carbonyl (C=O) groups excluding carboxylic acids is 1. The van der Waals surface area contributed by atoms with E-state index in [2.05, 4.69) is 33.3 Å². The van der Waals surface area contributed by atoms with Gasteiger partial charge in [0.2, 0.25) is 5.91 Å². The number of amides is 2. The number of fused-ring (bicyclic) bond motifs is 1. The van der Waals surface area contributed by atoms with E-state index < -0.39 is 6.09 Å². The Labute approximate surface area is 221 Å².